The Bertz CT molecular complexity index is 854. The Morgan fingerprint density at radius 1 is 0.850 bits per heavy atom. The summed E-state index contributed by atoms with van der Waals surface area (Å²) in [5, 5.41) is 4.00. The van der Waals surface area contributed by atoms with Gasteiger partial charge in [-0.05, 0) is 29.0 Å². The molecule has 0 bridgehead atoms. The van der Waals surface area contributed by atoms with Crippen LogP contribution in [0.4, 0.5) is 0 Å². The van der Waals surface area contributed by atoms with Gasteiger partial charge < -0.3 is 9.30 Å². The van der Waals surface area contributed by atoms with Crippen LogP contribution in [0.15, 0.2) is 66.7 Å². The largest absolute Gasteiger partial charge is 0.484 e. The molecule has 1 aliphatic rings. The monoisotopic (exact) mass is 280 g/mol. The van der Waals surface area contributed by atoms with Crippen molar-refractivity contribution in [1.29, 1.82) is 0 Å². The normalized spacial score (nSPS) is 20.6. The summed E-state index contributed by atoms with van der Waals surface area (Å²) >= 11 is 0. The molecule has 0 aromatic heterocycles. The van der Waals surface area contributed by atoms with Gasteiger partial charge >= 0.3 is 0 Å². The molecule has 4 rings (SSSR count). The van der Waals surface area contributed by atoms with Gasteiger partial charge in [0.1, 0.15) is 12.1 Å². The Hall–Kier alpha value is -2.05. The third-order valence-corrected chi connectivity index (χ3v) is 6.56. The molecule has 1 aliphatic heterocycles. The van der Waals surface area contributed by atoms with E-state index in [2.05, 4.69) is 6.07 Å². The highest BCUT2D eigenvalue weighted by Crippen LogP contribution is 2.50. The van der Waals surface area contributed by atoms with Gasteiger partial charge in [0, 0.05) is 5.30 Å². The predicted molar refractivity (Wildman–Crippen MR) is 82.8 cm³/mol. The fourth-order valence-corrected chi connectivity index (χ4v) is 5.09. The quantitative estimate of drug-likeness (QED) is 0.638. The zero-order chi connectivity index (χ0) is 13.6. The van der Waals surface area contributed by atoms with Crippen molar-refractivity contribution >= 4 is 28.5 Å². The molecular weight excluding hydrogens is 267 g/mol. The van der Waals surface area contributed by atoms with Crippen LogP contribution in [0.3, 0.4) is 0 Å². The summed E-state index contributed by atoms with van der Waals surface area (Å²) in [4.78, 5) is 0. The number of fused-ring (bicyclic) bond motifs is 2. The van der Waals surface area contributed by atoms with E-state index in [1.807, 2.05) is 60.7 Å². The fraction of sp³-hybridized carbons (Fsp3) is 0.0588. The molecule has 0 spiro atoms. The first-order valence-corrected chi connectivity index (χ1v) is 8.47. The first-order chi connectivity index (χ1) is 9.77. The number of para-hydroxylation sites is 1. The van der Waals surface area contributed by atoms with Crippen molar-refractivity contribution in [2.45, 2.75) is 0 Å². The van der Waals surface area contributed by atoms with Crippen molar-refractivity contribution < 1.29 is 9.30 Å². The molecule has 98 valence electrons. The average Bonchev–Trinajstić information content (AvgIpc) is 2.86. The van der Waals surface area contributed by atoms with Gasteiger partial charge in [0.05, 0.1) is 5.30 Å². The van der Waals surface area contributed by atoms with Gasteiger partial charge in [-0.1, -0.05) is 48.5 Å². The van der Waals surface area contributed by atoms with E-state index in [1.165, 1.54) is 0 Å². The van der Waals surface area contributed by atoms with E-state index < -0.39 is 7.14 Å². The molecule has 0 amide bonds. The lowest BCUT2D eigenvalue weighted by molar-refractivity contribution is 0.395. The molecule has 3 heteroatoms. The smallest absolute Gasteiger partial charge is 0.182 e. The predicted octanol–water partition coefficient (Wildman–Crippen LogP) is 3.50. The van der Waals surface area contributed by atoms with Gasteiger partial charge in [-0.25, -0.2) is 0 Å². The second-order valence-electron chi connectivity index (χ2n) is 5.01. The summed E-state index contributed by atoms with van der Waals surface area (Å²) in [6, 6.07) is 21.8. The SMILES string of the molecule is O=P1(c2ccc3ccccc3c2)COc2ccccc21. The molecule has 1 heterocycles. The standard InChI is InChI=1S/C17H13O2P/c18-20(12-19-16-7-3-4-8-17(16)20)15-10-9-13-5-1-2-6-14(13)11-15/h1-11H,12H2. The molecule has 3 aromatic rings. The number of benzene rings is 3. The number of ether oxygens (including phenoxy) is 1. The number of rotatable bonds is 1. The lowest BCUT2D eigenvalue weighted by atomic mass is 10.1. The van der Waals surface area contributed by atoms with Gasteiger partial charge in [0.2, 0.25) is 0 Å². The van der Waals surface area contributed by atoms with E-state index in [4.69, 9.17) is 4.74 Å². The van der Waals surface area contributed by atoms with Gasteiger partial charge in [-0.2, -0.15) is 0 Å². The minimum atomic E-state index is -2.64. The molecule has 0 aliphatic carbocycles. The Morgan fingerprint density at radius 3 is 2.50 bits per heavy atom. The van der Waals surface area contributed by atoms with Crippen molar-refractivity contribution in [2.24, 2.45) is 0 Å². The van der Waals surface area contributed by atoms with Gasteiger partial charge in [-0.15, -0.1) is 0 Å². The van der Waals surface area contributed by atoms with Crippen LogP contribution in [0.1, 0.15) is 0 Å². The Labute approximate surface area is 117 Å². The van der Waals surface area contributed by atoms with Crippen LogP contribution < -0.4 is 15.3 Å². The zero-order valence-electron chi connectivity index (χ0n) is 10.8. The lowest BCUT2D eigenvalue weighted by Crippen LogP contribution is -2.13. The molecule has 1 unspecified atom stereocenters. The van der Waals surface area contributed by atoms with Crippen LogP contribution in [-0.2, 0) is 4.57 Å². The summed E-state index contributed by atoms with van der Waals surface area (Å²) in [5.41, 5.74) is 0. The summed E-state index contributed by atoms with van der Waals surface area (Å²) in [5.74, 6) is 0.754. The highest BCUT2D eigenvalue weighted by Gasteiger charge is 2.36. The fourth-order valence-electron chi connectivity index (χ4n) is 2.72. The molecular formula is C17H13O2P. The molecule has 20 heavy (non-hydrogen) atoms. The summed E-state index contributed by atoms with van der Waals surface area (Å²) < 4.78 is 19.0. The second-order valence-corrected chi connectivity index (χ2v) is 7.75. The Balaban J connectivity index is 1.93. The number of hydrogen-bond donors (Lipinski definition) is 0. The molecule has 0 saturated carbocycles. The van der Waals surface area contributed by atoms with E-state index in [0.717, 1.165) is 27.1 Å². The van der Waals surface area contributed by atoms with Gasteiger partial charge in [0.25, 0.3) is 0 Å². The van der Waals surface area contributed by atoms with Crippen LogP contribution in [0.2, 0.25) is 0 Å². The minimum Gasteiger partial charge on any atom is -0.484 e. The summed E-state index contributed by atoms with van der Waals surface area (Å²) in [6.07, 6.45) is 0.269. The molecule has 0 saturated heterocycles. The first kappa shape index (κ1) is 11.7. The number of hydrogen-bond acceptors (Lipinski definition) is 2. The Kier molecular flexibility index (Phi) is 2.48. The molecule has 1 atom stereocenters. The van der Waals surface area contributed by atoms with Crippen LogP contribution in [0.25, 0.3) is 10.8 Å². The molecule has 3 aromatic carbocycles. The maximum atomic E-state index is 13.4. The zero-order valence-corrected chi connectivity index (χ0v) is 11.7. The van der Waals surface area contributed by atoms with Crippen molar-refractivity contribution in [2.75, 3.05) is 6.35 Å². The maximum absolute atomic E-state index is 13.4. The van der Waals surface area contributed by atoms with E-state index in [-0.39, 0.29) is 6.35 Å². The van der Waals surface area contributed by atoms with Crippen LogP contribution >= 0.6 is 7.14 Å². The summed E-state index contributed by atoms with van der Waals surface area (Å²) in [6.45, 7) is 0. The Morgan fingerprint density at radius 2 is 1.60 bits per heavy atom. The van der Waals surface area contributed by atoms with Crippen LogP contribution in [-0.4, -0.2) is 6.35 Å². The van der Waals surface area contributed by atoms with Gasteiger partial charge in [-0.3, -0.25) is 0 Å². The lowest BCUT2D eigenvalue weighted by Gasteiger charge is -2.11. The minimum absolute atomic E-state index is 0.269. The van der Waals surface area contributed by atoms with E-state index in [1.54, 1.807) is 0 Å². The van der Waals surface area contributed by atoms with Crippen molar-refractivity contribution in [3.63, 3.8) is 0 Å². The highest BCUT2D eigenvalue weighted by atomic mass is 31.2. The molecule has 0 fully saturated rings. The van der Waals surface area contributed by atoms with Crippen LogP contribution in [0, 0.1) is 0 Å². The second kappa shape index (κ2) is 4.22. The van der Waals surface area contributed by atoms with Crippen molar-refractivity contribution in [3.8, 4) is 5.75 Å². The van der Waals surface area contributed by atoms with Crippen molar-refractivity contribution in [1.82, 2.24) is 0 Å². The maximum Gasteiger partial charge on any atom is 0.182 e. The topological polar surface area (TPSA) is 26.3 Å². The highest BCUT2D eigenvalue weighted by molar-refractivity contribution is 7.79. The summed E-state index contributed by atoms with van der Waals surface area (Å²) in [7, 11) is -2.64. The van der Waals surface area contributed by atoms with Gasteiger partial charge in [0.15, 0.2) is 7.14 Å². The molecule has 2 nitrogen and oxygen atoms in total. The van der Waals surface area contributed by atoms with Crippen molar-refractivity contribution in [3.05, 3.63) is 66.7 Å². The molecule has 0 N–H and O–H groups in total. The van der Waals surface area contributed by atoms with E-state index in [0.29, 0.717) is 0 Å². The third kappa shape index (κ3) is 1.62. The van der Waals surface area contributed by atoms with E-state index in [9.17, 15) is 4.57 Å². The first-order valence-electron chi connectivity index (χ1n) is 6.58. The molecule has 0 radical (unpaired) electrons. The van der Waals surface area contributed by atoms with Crippen LogP contribution in [0.5, 0.6) is 5.75 Å². The van der Waals surface area contributed by atoms with E-state index >= 15 is 0 Å². The average molecular weight is 280 g/mol. The third-order valence-electron chi connectivity index (χ3n) is 3.81.